The van der Waals surface area contributed by atoms with Gasteiger partial charge in [0.2, 0.25) is 5.89 Å². The first-order valence-corrected chi connectivity index (χ1v) is 10.7. The van der Waals surface area contributed by atoms with E-state index in [4.69, 9.17) is 4.42 Å². The van der Waals surface area contributed by atoms with Crippen LogP contribution in [0.1, 0.15) is 42.1 Å². The van der Waals surface area contributed by atoms with Gasteiger partial charge in [-0.05, 0) is 89.0 Å². The molecule has 0 bridgehead atoms. The van der Waals surface area contributed by atoms with Crippen molar-refractivity contribution in [3.8, 4) is 11.5 Å². The fourth-order valence-corrected chi connectivity index (χ4v) is 3.78. The fourth-order valence-electron chi connectivity index (χ4n) is 3.15. The Morgan fingerprint density at radius 2 is 1.86 bits per heavy atom. The topological polar surface area (TPSA) is 55.1 Å². The van der Waals surface area contributed by atoms with Crippen molar-refractivity contribution in [1.82, 2.24) is 4.98 Å². The lowest BCUT2D eigenvalue weighted by molar-refractivity contribution is 0.102. The normalized spacial score (nSPS) is 12.1. The van der Waals surface area contributed by atoms with Crippen LogP contribution in [0.25, 0.3) is 22.6 Å². The maximum Gasteiger partial charge on any atom is 0.256 e. The SMILES string of the molecule is CC[C@H](C)c1ccc2oc(-c3ccc(NC(=O)c4ccccc4I)cc3)nc2c1. The molecular formula is C24H21IN2O2. The number of hydrogen-bond acceptors (Lipinski definition) is 3. The van der Waals surface area contributed by atoms with E-state index < -0.39 is 0 Å². The zero-order valence-corrected chi connectivity index (χ0v) is 18.4. The summed E-state index contributed by atoms with van der Waals surface area (Å²) >= 11 is 2.16. The van der Waals surface area contributed by atoms with Gasteiger partial charge in [-0.2, -0.15) is 0 Å². The third kappa shape index (κ3) is 4.19. The molecule has 4 rings (SSSR count). The molecular weight excluding hydrogens is 475 g/mol. The number of oxazole rings is 1. The summed E-state index contributed by atoms with van der Waals surface area (Å²) in [5, 5.41) is 2.94. The van der Waals surface area contributed by atoms with E-state index in [9.17, 15) is 4.79 Å². The summed E-state index contributed by atoms with van der Waals surface area (Å²) in [6.07, 6.45) is 1.09. The van der Waals surface area contributed by atoms with Crippen LogP contribution in [0.15, 0.2) is 71.1 Å². The Morgan fingerprint density at radius 1 is 1.10 bits per heavy atom. The van der Waals surface area contributed by atoms with Gasteiger partial charge in [-0.15, -0.1) is 0 Å². The molecule has 146 valence electrons. The lowest BCUT2D eigenvalue weighted by Crippen LogP contribution is -2.13. The number of carbonyl (C=O) groups is 1. The Kier molecular flexibility index (Phi) is 5.67. The van der Waals surface area contributed by atoms with E-state index in [2.05, 4.69) is 58.9 Å². The molecule has 0 aliphatic rings. The molecule has 1 heterocycles. The lowest BCUT2D eigenvalue weighted by Gasteiger charge is -2.07. The molecule has 4 aromatic rings. The molecule has 0 spiro atoms. The molecule has 0 unspecified atom stereocenters. The number of aromatic nitrogens is 1. The molecule has 5 heteroatoms. The Morgan fingerprint density at radius 3 is 2.59 bits per heavy atom. The second kappa shape index (κ2) is 8.37. The largest absolute Gasteiger partial charge is 0.436 e. The predicted molar refractivity (Wildman–Crippen MR) is 125 cm³/mol. The summed E-state index contributed by atoms with van der Waals surface area (Å²) in [5.41, 5.74) is 5.19. The highest BCUT2D eigenvalue weighted by molar-refractivity contribution is 14.1. The molecule has 0 fully saturated rings. The van der Waals surface area contributed by atoms with Crippen LogP contribution in [-0.2, 0) is 0 Å². The number of carbonyl (C=O) groups excluding carboxylic acids is 1. The Labute approximate surface area is 183 Å². The molecule has 1 aromatic heterocycles. The first-order chi connectivity index (χ1) is 14.0. The van der Waals surface area contributed by atoms with Gasteiger partial charge in [0.05, 0.1) is 5.56 Å². The minimum Gasteiger partial charge on any atom is -0.436 e. The van der Waals surface area contributed by atoms with E-state index in [1.54, 1.807) is 0 Å². The number of fused-ring (bicyclic) bond motifs is 1. The van der Waals surface area contributed by atoms with Crippen LogP contribution in [-0.4, -0.2) is 10.9 Å². The highest BCUT2D eigenvalue weighted by Gasteiger charge is 2.12. The number of rotatable bonds is 5. The predicted octanol–water partition coefficient (Wildman–Crippen LogP) is 6.87. The minimum absolute atomic E-state index is 0.123. The number of anilines is 1. The van der Waals surface area contributed by atoms with Crippen LogP contribution in [0.4, 0.5) is 5.69 Å². The van der Waals surface area contributed by atoms with Crippen LogP contribution < -0.4 is 5.32 Å². The molecule has 0 saturated heterocycles. The molecule has 0 saturated carbocycles. The maximum atomic E-state index is 12.5. The summed E-state index contributed by atoms with van der Waals surface area (Å²) < 4.78 is 6.85. The average Bonchev–Trinajstić information content (AvgIpc) is 3.17. The van der Waals surface area contributed by atoms with Crippen molar-refractivity contribution in [2.24, 2.45) is 0 Å². The van der Waals surface area contributed by atoms with Gasteiger partial charge in [0.15, 0.2) is 5.58 Å². The number of amides is 1. The van der Waals surface area contributed by atoms with Gasteiger partial charge in [-0.3, -0.25) is 4.79 Å². The van der Waals surface area contributed by atoms with E-state index in [1.807, 2.05) is 54.6 Å². The molecule has 1 atom stereocenters. The van der Waals surface area contributed by atoms with Crippen molar-refractivity contribution in [3.63, 3.8) is 0 Å². The minimum atomic E-state index is -0.123. The molecule has 0 radical (unpaired) electrons. The van der Waals surface area contributed by atoms with E-state index in [0.29, 0.717) is 17.4 Å². The molecule has 1 N–H and O–H groups in total. The van der Waals surface area contributed by atoms with Crippen molar-refractivity contribution >= 4 is 45.3 Å². The van der Waals surface area contributed by atoms with Crippen LogP contribution in [0, 0.1) is 3.57 Å². The van der Waals surface area contributed by atoms with Crippen molar-refractivity contribution in [2.75, 3.05) is 5.32 Å². The smallest absolute Gasteiger partial charge is 0.256 e. The third-order valence-electron chi connectivity index (χ3n) is 5.10. The zero-order valence-electron chi connectivity index (χ0n) is 16.3. The standard InChI is InChI=1S/C24H21IN2O2/c1-3-15(2)17-10-13-22-21(14-17)27-24(29-22)16-8-11-18(12-9-16)26-23(28)19-6-4-5-7-20(19)25/h4-15H,3H2,1-2H3,(H,26,28)/t15-/m0/s1. The molecule has 0 aliphatic heterocycles. The van der Waals surface area contributed by atoms with Crippen molar-refractivity contribution < 1.29 is 9.21 Å². The number of hydrogen-bond donors (Lipinski definition) is 1. The maximum absolute atomic E-state index is 12.5. The van der Waals surface area contributed by atoms with Gasteiger partial charge in [0.25, 0.3) is 5.91 Å². The van der Waals surface area contributed by atoms with Gasteiger partial charge >= 0.3 is 0 Å². The van der Waals surface area contributed by atoms with Crippen LogP contribution in [0.3, 0.4) is 0 Å². The summed E-state index contributed by atoms with van der Waals surface area (Å²) in [6, 6.07) is 21.3. The van der Waals surface area contributed by atoms with Crippen LogP contribution >= 0.6 is 22.6 Å². The molecule has 0 aliphatic carbocycles. The van der Waals surface area contributed by atoms with E-state index in [1.165, 1.54) is 5.56 Å². The van der Waals surface area contributed by atoms with Crippen LogP contribution in [0.2, 0.25) is 0 Å². The summed E-state index contributed by atoms with van der Waals surface area (Å²) in [5.74, 6) is 0.953. The lowest BCUT2D eigenvalue weighted by atomic mass is 9.98. The molecule has 4 nitrogen and oxygen atoms in total. The molecule has 3 aromatic carbocycles. The van der Waals surface area contributed by atoms with Crippen molar-refractivity contribution in [1.29, 1.82) is 0 Å². The average molecular weight is 496 g/mol. The van der Waals surface area contributed by atoms with Crippen molar-refractivity contribution in [2.45, 2.75) is 26.2 Å². The highest BCUT2D eigenvalue weighted by Crippen LogP contribution is 2.28. The van der Waals surface area contributed by atoms with Gasteiger partial charge in [-0.25, -0.2) is 4.98 Å². The number of benzene rings is 3. The van der Waals surface area contributed by atoms with Gasteiger partial charge in [0, 0.05) is 14.8 Å². The monoisotopic (exact) mass is 496 g/mol. The quantitative estimate of drug-likeness (QED) is 0.307. The highest BCUT2D eigenvalue weighted by atomic mass is 127. The van der Waals surface area contributed by atoms with Gasteiger partial charge in [0.1, 0.15) is 5.52 Å². The third-order valence-corrected chi connectivity index (χ3v) is 6.04. The Hall–Kier alpha value is -2.67. The fraction of sp³-hybridized carbons (Fsp3) is 0.167. The number of nitrogens with one attached hydrogen (secondary N) is 1. The van der Waals surface area contributed by atoms with E-state index in [-0.39, 0.29) is 5.91 Å². The zero-order chi connectivity index (χ0) is 20.4. The second-order valence-corrected chi connectivity index (χ2v) is 8.23. The van der Waals surface area contributed by atoms with Gasteiger partial charge in [-0.1, -0.05) is 32.0 Å². The summed E-state index contributed by atoms with van der Waals surface area (Å²) in [6.45, 7) is 4.40. The van der Waals surface area contributed by atoms with E-state index >= 15 is 0 Å². The molecule has 29 heavy (non-hydrogen) atoms. The first kappa shape index (κ1) is 19.6. The Balaban J connectivity index is 1.54. The summed E-state index contributed by atoms with van der Waals surface area (Å²) in [7, 11) is 0. The van der Waals surface area contributed by atoms with Crippen molar-refractivity contribution in [3.05, 3.63) is 81.4 Å². The molecule has 1 amide bonds. The number of nitrogens with zero attached hydrogens (tertiary/aromatic N) is 1. The second-order valence-electron chi connectivity index (χ2n) is 7.07. The summed E-state index contributed by atoms with van der Waals surface area (Å²) in [4.78, 5) is 17.1. The Bertz CT molecular complexity index is 1170. The number of halogens is 1. The van der Waals surface area contributed by atoms with Gasteiger partial charge < -0.3 is 9.73 Å². The van der Waals surface area contributed by atoms with E-state index in [0.717, 1.165) is 32.3 Å². The first-order valence-electron chi connectivity index (χ1n) is 9.62. The van der Waals surface area contributed by atoms with Crippen LogP contribution in [0.5, 0.6) is 0 Å².